The van der Waals surface area contributed by atoms with Crippen LogP contribution in [0.15, 0.2) is 24.3 Å². The van der Waals surface area contributed by atoms with E-state index in [-0.39, 0.29) is 36.5 Å². The number of hydrogen-bond acceptors (Lipinski definition) is 9. The molecule has 5 heterocycles. The van der Waals surface area contributed by atoms with Crippen molar-refractivity contribution in [2.45, 2.75) is 83.3 Å². The van der Waals surface area contributed by atoms with Gasteiger partial charge in [0.25, 0.3) is 0 Å². The minimum Gasteiger partial charge on any atom is -0.497 e. The number of methoxy groups -OCH3 is 1. The molecule has 2 bridgehead atoms. The lowest BCUT2D eigenvalue weighted by molar-refractivity contribution is -0.576. The second-order valence-electron chi connectivity index (χ2n) is 12.3. The molecule has 1 amide bonds. The maximum Gasteiger partial charge on any atom is 0.308 e. The Bertz CT molecular complexity index is 1090. The number of carbonyl (C=O) groups excluding carboxylic acids is 2. The van der Waals surface area contributed by atoms with Crippen LogP contribution in [0.3, 0.4) is 0 Å². The van der Waals surface area contributed by atoms with Crippen LogP contribution in [0.4, 0.5) is 5.69 Å². The van der Waals surface area contributed by atoms with Crippen molar-refractivity contribution in [2.75, 3.05) is 38.2 Å². The number of anilines is 1. The van der Waals surface area contributed by atoms with Gasteiger partial charge in [-0.25, -0.2) is 9.78 Å². The highest BCUT2D eigenvalue weighted by molar-refractivity contribution is 5.81. The third-order valence-electron chi connectivity index (χ3n) is 9.96. The van der Waals surface area contributed by atoms with E-state index in [0.29, 0.717) is 19.0 Å². The van der Waals surface area contributed by atoms with Gasteiger partial charge < -0.3 is 28.7 Å². The number of rotatable bonds is 6. The number of piperazine rings is 1. The Kier molecular flexibility index (Phi) is 7.48. The van der Waals surface area contributed by atoms with Crippen molar-refractivity contribution < 1.29 is 38.3 Å². The molecule has 1 saturated carbocycles. The molecule has 1 aliphatic carbocycles. The van der Waals surface area contributed by atoms with Crippen LogP contribution in [-0.2, 0) is 33.6 Å². The Hall–Kier alpha value is -2.40. The molecular formula is C30H42N2O8. The Morgan fingerprint density at radius 3 is 2.45 bits per heavy atom. The summed E-state index contributed by atoms with van der Waals surface area (Å²) in [4.78, 5) is 41.9. The third-order valence-corrected chi connectivity index (χ3v) is 9.96. The largest absolute Gasteiger partial charge is 0.497 e. The van der Waals surface area contributed by atoms with E-state index >= 15 is 0 Å². The molecule has 1 aromatic rings. The topological polar surface area (TPSA) is 96.0 Å². The summed E-state index contributed by atoms with van der Waals surface area (Å²) in [5.74, 6) is 0.183. The van der Waals surface area contributed by atoms with E-state index in [9.17, 15) is 9.59 Å². The summed E-state index contributed by atoms with van der Waals surface area (Å²) in [5, 5.41) is 0. The van der Waals surface area contributed by atoms with Crippen molar-refractivity contribution in [1.29, 1.82) is 0 Å². The first-order chi connectivity index (χ1) is 19.2. The number of nitrogens with zero attached hydrogens (tertiary/aromatic N) is 2. The highest BCUT2D eigenvalue weighted by atomic mass is 17.3. The average Bonchev–Trinajstić information content (AvgIpc) is 3.20. The molecule has 6 aliphatic rings. The molecule has 0 aromatic heterocycles. The molecule has 220 valence electrons. The second kappa shape index (κ2) is 10.8. The van der Waals surface area contributed by atoms with Gasteiger partial charge in [0.2, 0.25) is 18.0 Å². The van der Waals surface area contributed by atoms with Gasteiger partial charge in [0, 0.05) is 56.5 Å². The van der Waals surface area contributed by atoms with Gasteiger partial charge in [-0.1, -0.05) is 13.8 Å². The molecule has 10 nitrogen and oxygen atoms in total. The van der Waals surface area contributed by atoms with Gasteiger partial charge in [0.1, 0.15) is 5.75 Å². The molecule has 40 heavy (non-hydrogen) atoms. The van der Waals surface area contributed by atoms with Crippen LogP contribution in [0.1, 0.15) is 59.3 Å². The smallest absolute Gasteiger partial charge is 0.308 e. The van der Waals surface area contributed by atoms with Crippen LogP contribution >= 0.6 is 0 Å². The number of esters is 1. The van der Waals surface area contributed by atoms with Crippen LogP contribution in [0.2, 0.25) is 0 Å². The number of hydrogen-bond donors (Lipinski definition) is 0. The molecule has 0 unspecified atom stereocenters. The molecular weight excluding hydrogens is 516 g/mol. The summed E-state index contributed by atoms with van der Waals surface area (Å²) < 4.78 is 23.8. The SMILES string of the molecule is COc1ccc(N2CCN(C(=O)CCC(=O)O[C@@H]3O[C@@H]4O[C@]5(C)CC[C@@H]6[C@H](C)CC[C@@H]([C@H]3C)[C@@]46OO5)CC2)cc1. The summed E-state index contributed by atoms with van der Waals surface area (Å²) in [5.41, 5.74) is 0.412. The fraction of sp³-hybridized carbons (Fsp3) is 0.733. The van der Waals surface area contributed by atoms with Crippen LogP contribution in [0.5, 0.6) is 5.75 Å². The Morgan fingerprint density at radius 2 is 1.73 bits per heavy atom. The number of amides is 1. The summed E-state index contributed by atoms with van der Waals surface area (Å²) in [7, 11) is 1.65. The Balaban J connectivity index is 1.02. The fourth-order valence-corrected chi connectivity index (χ4v) is 7.57. The van der Waals surface area contributed by atoms with Crippen molar-refractivity contribution in [1.82, 2.24) is 4.90 Å². The Labute approximate surface area is 236 Å². The van der Waals surface area contributed by atoms with Gasteiger partial charge in [-0.15, -0.1) is 0 Å². The number of carbonyl (C=O) groups is 2. The quantitative estimate of drug-likeness (QED) is 0.381. The zero-order valence-corrected chi connectivity index (χ0v) is 24.0. The van der Waals surface area contributed by atoms with Gasteiger partial charge >= 0.3 is 5.97 Å². The maximum atomic E-state index is 12.9. The van der Waals surface area contributed by atoms with Gasteiger partial charge in [0.15, 0.2) is 11.9 Å². The van der Waals surface area contributed by atoms with Crippen LogP contribution in [-0.4, -0.2) is 74.0 Å². The highest BCUT2D eigenvalue weighted by Crippen LogP contribution is 2.60. The molecule has 8 atom stereocenters. The van der Waals surface area contributed by atoms with E-state index in [1.54, 1.807) is 7.11 Å². The van der Waals surface area contributed by atoms with E-state index in [1.165, 1.54) is 0 Å². The lowest BCUT2D eigenvalue weighted by atomic mass is 9.58. The number of ether oxygens (including phenoxy) is 4. The van der Waals surface area contributed by atoms with Gasteiger partial charge in [-0.3, -0.25) is 9.59 Å². The predicted octanol–water partition coefficient (Wildman–Crippen LogP) is 3.88. The van der Waals surface area contributed by atoms with E-state index in [4.69, 9.17) is 28.7 Å². The first-order valence-corrected chi connectivity index (χ1v) is 14.8. The second-order valence-corrected chi connectivity index (χ2v) is 12.3. The van der Waals surface area contributed by atoms with E-state index in [2.05, 4.69) is 18.7 Å². The first kappa shape index (κ1) is 27.8. The van der Waals surface area contributed by atoms with E-state index in [1.807, 2.05) is 36.1 Å². The molecule has 0 radical (unpaired) electrons. The Morgan fingerprint density at radius 1 is 0.975 bits per heavy atom. The standard InChI is InChI=1S/C30H42N2O8/c1-19-5-10-24-20(2)27(37-28-30(24)23(19)13-14-29(3,38-28)39-40-30)36-26(34)12-11-25(33)32-17-15-31(16-18-32)21-6-8-22(35-4)9-7-21/h6-9,19-20,23-24,27-28H,5,10-18H2,1-4H3/t19-,20-,23-,24+,27-,28-,29+,30-/m1/s1. The molecule has 5 saturated heterocycles. The predicted molar refractivity (Wildman–Crippen MR) is 144 cm³/mol. The number of benzene rings is 1. The normalized spacial score (nSPS) is 38.8. The van der Waals surface area contributed by atoms with E-state index in [0.717, 1.165) is 50.2 Å². The molecule has 5 aliphatic heterocycles. The summed E-state index contributed by atoms with van der Waals surface area (Å²) in [6.07, 6.45) is 2.40. The van der Waals surface area contributed by atoms with Gasteiger partial charge in [-0.05, 0) is 62.3 Å². The van der Waals surface area contributed by atoms with Crippen molar-refractivity contribution in [3.05, 3.63) is 24.3 Å². The van der Waals surface area contributed by atoms with E-state index < -0.39 is 29.9 Å². The lowest BCUT2D eigenvalue weighted by Crippen LogP contribution is -2.70. The van der Waals surface area contributed by atoms with Crippen molar-refractivity contribution in [3.63, 3.8) is 0 Å². The van der Waals surface area contributed by atoms with Crippen molar-refractivity contribution >= 4 is 17.6 Å². The maximum absolute atomic E-state index is 12.9. The highest BCUT2D eigenvalue weighted by Gasteiger charge is 2.69. The van der Waals surface area contributed by atoms with Crippen LogP contribution < -0.4 is 9.64 Å². The van der Waals surface area contributed by atoms with Crippen LogP contribution in [0.25, 0.3) is 0 Å². The summed E-state index contributed by atoms with van der Waals surface area (Å²) >= 11 is 0. The zero-order valence-electron chi connectivity index (χ0n) is 24.0. The fourth-order valence-electron chi connectivity index (χ4n) is 7.57. The van der Waals surface area contributed by atoms with Gasteiger partial charge in [-0.2, -0.15) is 0 Å². The minimum absolute atomic E-state index is 0.0163. The zero-order chi connectivity index (χ0) is 28.1. The van der Waals surface area contributed by atoms with Gasteiger partial charge in [0.05, 0.1) is 13.5 Å². The molecule has 10 heteroatoms. The molecule has 0 N–H and O–H groups in total. The minimum atomic E-state index is -0.878. The summed E-state index contributed by atoms with van der Waals surface area (Å²) in [6.45, 7) is 8.91. The monoisotopic (exact) mass is 558 g/mol. The lowest BCUT2D eigenvalue weighted by Gasteiger charge is -2.59. The average molecular weight is 559 g/mol. The van der Waals surface area contributed by atoms with Crippen molar-refractivity contribution in [2.24, 2.45) is 23.7 Å². The van der Waals surface area contributed by atoms with Crippen LogP contribution in [0, 0.1) is 23.7 Å². The molecule has 7 rings (SSSR count). The molecule has 1 aromatic carbocycles. The molecule has 6 fully saturated rings. The summed E-state index contributed by atoms with van der Waals surface area (Å²) in [6, 6.07) is 7.94. The number of fused-ring (bicyclic) bond motifs is 2. The first-order valence-electron chi connectivity index (χ1n) is 14.8. The van der Waals surface area contributed by atoms with Crippen molar-refractivity contribution in [3.8, 4) is 5.75 Å². The third kappa shape index (κ3) is 4.86. The molecule has 1 spiro atoms.